The maximum absolute atomic E-state index is 13.0. The molecule has 1 aromatic carbocycles. The molecule has 18 heavy (non-hydrogen) atoms. The summed E-state index contributed by atoms with van der Waals surface area (Å²) in [7, 11) is 0. The van der Waals surface area contributed by atoms with E-state index < -0.39 is 24.6 Å². The van der Waals surface area contributed by atoms with Crippen molar-refractivity contribution in [2.45, 2.75) is 12.9 Å². The predicted octanol–water partition coefficient (Wildman–Crippen LogP) is 2.85. The second-order valence-corrected chi connectivity index (χ2v) is 3.49. The molecular weight excluding hydrogens is 259 g/mol. The number of hydrogen-bond acceptors (Lipinski definition) is 2. The van der Waals surface area contributed by atoms with E-state index >= 15 is 0 Å². The van der Waals surface area contributed by atoms with Crippen molar-refractivity contribution in [1.82, 2.24) is 9.55 Å². The fourth-order valence-corrected chi connectivity index (χ4v) is 1.49. The number of aromatic nitrogens is 2. The van der Waals surface area contributed by atoms with Gasteiger partial charge in [0.2, 0.25) is 0 Å². The molecule has 0 fully saturated rings. The molecule has 1 heterocycles. The maximum Gasteiger partial charge on any atom is 0.522 e. The van der Waals surface area contributed by atoms with E-state index in [2.05, 4.69) is 9.72 Å². The molecule has 2 rings (SSSR count). The van der Waals surface area contributed by atoms with Crippen LogP contribution in [0.2, 0.25) is 0 Å². The molecule has 0 aliphatic carbocycles. The van der Waals surface area contributed by atoms with E-state index in [1.54, 1.807) is 0 Å². The van der Waals surface area contributed by atoms with Gasteiger partial charge >= 0.3 is 6.36 Å². The zero-order valence-electron chi connectivity index (χ0n) is 8.84. The largest absolute Gasteiger partial charge is 0.522 e. The van der Waals surface area contributed by atoms with Crippen molar-refractivity contribution >= 4 is 11.0 Å². The molecule has 0 saturated heterocycles. The Bertz CT molecular complexity index is 563. The average Bonchev–Trinajstić information content (AvgIpc) is 2.60. The van der Waals surface area contributed by atoms with Crippen molar-refractivity contribution in [2.24, 2.45) is 0 Å². The first-order valence-electron chi connectivity index (χ1n) is 4.87. The zero-order chi connectivity index (χ0) is 13.3. The third kappa shape index (κ3) is 2.76. The van der Waals surface area contributed by atoms with E-state index in [4.69, 9.17) is 0 Å². The van der Waals surface area contributed by atoms with Gasteiger partial charge in [-0.3, -0.25) is 4.74 Å². The first-order valence-corrected chi connectivity index (χ1v) is 4.87. The molecule has 0 atom stereocenters. The molecule has 0 unspecified atom stereocenters. The van der Waals surface area contributed by atoms with Crippen LogP contribution in [0.15, 0.2) is 18.5 Å². The Labute approximate surface area is 97.8 Å². The fourth-order valence-electron chi connectivity index (χ4n) is 1.49. The molecular formula is C10H7F5N2O. The van der Waals surface area contributed by atoms with Gasteiger partial charge in [0, 0.05) is 18.7 Å². The van der Waals surface area contributed by atoms with Crippen molar-refractivity contribution in [3.63, 3.8) is 0 Å². The smallest absolute Gasteiger partial charge is 0.328 e. The summed E-state index contributed by atoms with van der Waals surface area (Å²) in [5, 5.41) is 0. The Morgan fingerprint density at radius 2 is 1.83 bits per heavy atom. The summed E-state index contributed by atoms with van der Waals surface area (Å²) in [4.78, 5) is 3.76. The first-order chi connectivity index (χ1) is 8.37. The van der Waals surface area contributed by atoms with E-state index in [9.17, 15) is 22.0 Å². The summed E-state index contributed by atoms with van der Waals surface area (Å²) in [5.74, 6) is -2.14. The predicted molar refractivity (Wildman–Crippen MR) is 51.7 cm³/mol. The van der Waals surface area contributed by atoms with Crippen LogP contribution in [0.4, 0.5) is 22.0 Å². The van der Waals surface area contributed by atoms with Crippen LogP contribution in [0.5, 0.6) is 0 Å². The van der Waals surface area contributed by atoms with Gasteiger partial charge in [0.1, 0.15) is 0 Å². The van der Waals surface area contributed by atoms with E-state index in [1.807, 2.05) is 0 Å². The highest BCUT2D eigenvalue weighted by atomic mass is 19.4. The van der Waals surface area contributed by atoms with Crippen molar-refractivity contribution in [3.05, 3.63) is 30.1 Å². The minimum atomic E-state index is -4.71. The summed E-state index contributed by atoms with van der Waals surface area (Å²) >= 11 is 0. The lowest BCUT2D eigenvalue weighted by molar-refractivity contribution is -0.325. The maximum atomic E-state index is 13.0. The molecule has 1 aromatic heterocycles. The lowest BCUT2D eigenvalue weighted by Gasteiger charge is -2.08. The van der Waals surface area contributed by atoms with Gasteiger partial charge in [-0.05, 0) is 0 Å². The second-order valence-electron chi connectivity index (χ2n) is 3.49. The van der Waals surface area contributed by atoms with Gasteiger partial charge in [0.25, 0.3) is 0 Å². The number of fused-ring (bicyclic) bond motifs is 1. The van der Waals surface area contributed by atoms with Crippen molar-refractivity contribution in [3.8, 4) is 0 Å². The summed E-state index contributed by atoms with van der Waals surface area (Å²) < 4.78 is 66.0. The van der Waals surface area contributed by atoms with Crippen LogP contribution in [0.25, 0.3) is 11.0 Å². The Kier molecular flexibility index (Phi) is 3.20. The van der Waals surface area contributed by atoms with Crippen LogP contribution >= 0.6 is 0 Å². The first kappa shape index (κ1) is 12.7. The van der Waals surface area contributed by atoms with Crippen LogP contribution in [-0.4, -0.2) is 22.5 Å². The zero-order valence-corrected chi connectivity index (χ0v) is 8.84. The molecule has 8 heteroatoms. The fraction of sp³-hybridized carbons (Fsp3) is 0.300. The standard InChI is InChI=1S/C10H7F5N2O/c11-6-3-8-9(4-7(6)12)17(5-16-8)1-2-18-10(13,14)15/h3-5H,1-2H2. The van der Waals surface area contributed by atoms with Crippen molar-refractivity contribution < 1.29 is 26.7 Å². The van der Waals surface area contributed by atoms with Crippen molar-refractivity contribution in [1.29, 1.82) is 0 Å². The molecule has 0 aliphatic rings. The quantitative estimate of drug-likeness (QED) is 0.799. The highest BCUT2D eigenvalue weighted by Gasteiger charge is 2.28. The minimum absolute atomic E-state index is 0.166. The molecule has 0 radical (unpaired) electrons. The minimum Gasteiger partial charge on any atom is -0.328 e. The topological polar surface area (TPSA) is 27.1 Å². The molecule has 2 aromatic rings. The van der Waals surface area contributed by atoms with Crippen molar-refractivity contribution in [2.75, 3.05) is 6.61 Å². The number of ether oxygens (including phenoxy) is 1. The summed E-state index contributed by atoms with van der Waals surface area (Å²) in [5.41, 5.74) is 0.376. The lowest BCUT2D eigenvalue weighted by atomic mass is 10.3. The van der Waals surface area contributed by atoms with Gasteiger partial charge in [-0.15, -0.1) is 13.2 Å². The third-order valence-electron chi connectivity index (χ3n) is 2.26. The van der Waals surface area contributed by atoms with Crippen LogP contribution in [0.1, 0.15) is 0 Å². The third-order valence-corrected chi connectivity index (χ3v) is 2.26. The van der Waals surface area contributed by atoms with E-state index in [1.165, 1.54) is 10.9 Å². The van der Waals surface area contributed by atoms with E-state index in [-0.39, 0.29) is 17.6 Å². The molecule has 0 bridgehead atoms. The molecule has 0 N–H and O–H groups in total. The van der Waals surface area contributed by atoms with Gasteiger partial charge in [0.05, 0.1) is 24.0 Å². The number of hydrogen-bond donors (Lipinski definition) is 0. The Morgan fingerprint density at radius 3 is 2.50 bits per heavy atom. The van der Waals surface area contributed by atoms with Crippen LogP contribution < -0.4 is 0 Å². The number of imidazole rings is 1. The molecule has 3 nitrogen and oxygen atoms in total. The Hall–Kier alpha value is -1.70. The molecule has 0 saturated carbocycles. The lowest BCUT2D eigenvalue weighted by Crippen LogP contribution is -2.17. The Morgan fingerprint density at radius 1 is 1.17 bits per heavy atom. The average molecular weight is 266 g/mol. The van der Waals surface area contributed by atoms with Gasteiger partial charge in [-0.25, -0.2) is 13.8 Å². The van der Waals surface area contributed by atoms with Gasteiger partial charge in [0.15, 0.2) is 11.6 Å². The van der Waals surface area contributed by atoms with Crippen LogP contribution in [-0.2, 0) is 11.3 Å². The summed E-state index contributed by atoms with van der Waals surface area (Å²) in [6.07, 6.45) is -3.52. The SMILES string of the molecule is Fc1cc2ncn(CCOC(F)(F)F)c2cc1F. The van der Waals surface area contributed by atoms with E-state index in [0.717, 1.165) is 12.1 Å². The van der Waals surface area contributed by atoms with Crippen LogP contribution in [0, 0.1) is 11.6 Å². The normalized spacial score (nSPS) is 12.3. The Balaban J connectivity index is 2.17. The highest BCUT2D eigenvalue weighted by Crippen LogP contribution is 2.19. The van der Waals surface area contributed by atoms with Gasteiger partial charge in [-0.2, -0.15) is 0 Å². The second kappa shape index (κ2) is 4.52. The van der Waals surface area contributed by atoms with Gasteiger partial charge < -0.3 is 4.57 Å². The van der Waals surface area contributed by atoms with Gasteiger partial charge in [-0.1, -0.05) is 0 Å². The van der Waals surface area contributed by atoms with E-state index in [0.29, 0.717) is 0 Å². The molecule has 0 spiro atoms. The van der Waals surface area contributed by atoms with Crippen LogP contribution in [0.3, 0.4) is 0 Å². The molecule has 0 amide bonds. The summed E-state index contributed by atoms with van der Waals surface area (Å²) in [6.45, 7) is -0.797. The summed E-state index contributed by atoms with van der Waals surface area (Å²) in [6, 6.07) is 1.76. The molecule has 0 aliphatic heterocycles. The monoisotopic (exact) mass is 266 g/mol. The number of halogens is 5. The number of nitrogens with zero attached hydrogens (tertiary/aromatic N) is 2. The molecule has 98 valence electrons. The number of alkyl halides is 3. The number of rotatable bonds is 3. The number of benzene rings is 1. The highest BCUT2D eigenvalue weighted by molar-refractivity contribution is 5.75.